The molecule has 0 bridgehead atoms. The molecule has 2 aromatic rings. The summed E-state index contributed by atoms with van der Waals surface area (Å²) in [5.41, 5.74) is 1.07. The Morgan fingerprint density at radius 3 is 2.19 bits per heavy atom. The maximum Gasteiger partial charge on any atom is 0.0724 e. The topological polar surface area (TPSA) is 80.3 Å². The van der Waals surface area contributed by atoms with Crippen LogP contribution >= 0.6 is 0 Å². The van der Waals surface area contributed by atoms with E-state index in [0.29, 0.717) is 12.0 Å². The monoisotopic (exact) mass is 366 g/mol. The molecule has 0 spiro atoms. The minimum atomic E-state index is -1.49. The average molecular weight is 366 g/mol. The van der Waals surface area contributed by atoms with Crippen LogP contribution < -0.4 is 10.2 Å². The zero-order valence-corrected chi connectivity index (χ0v) is 15.8. The molecule has 27 heavy (non-hydrogen) atoms. The molecule has 0 fully saturated rings. The summed E-state index contributed by atoms with van der Waals surface area (Å²) in [5.74, 6) is -3.03. The largest absolute Gasteiger partial charge is 0.545 e. The molecule has 0 saturated heterocycles. The Balaban J connectivity index is 2.32. The van der Waals surface area contributed by atoms with Gasteiger partial charge in [0.2, 0.25) is 0 Å². The molecular formula is C23H26O4-2. The number of carbonyl (C=O) groups is 2. The van der Waals surface area contributed by atoms with Crippen molar-refractivity contribution in [2.24, 2.45) is 0 Å². The molecule has 0 aliphatic carbocycles. The van der Waals surface area contributed by atoms with E-state index in [4.69, 9.17) is 0 Å². The van der Waals surface area contributed by atoms with Gasteiger partial charge in [0.15, 0.2) is 0 Å². The number of unbranched alkanes of at least 4 members (excludes halogenated alkanes) is 4. The highest BCUT2D eigenvalue weighted by atomic mass is 16.4. The van der Waals surface area contributed by atoms with Gasteiger partial charge in [-0.25, -0.2) is 0 Å². The minimum absolute atomic E-state index is 0.0822. The second-order valence-electron chi connectivity index (χ2n) is 6.93. The van der Waals surface area contributed by atoms with Crippen molar-refractivity contribution < 1.29 is 19.8 Å². The van der Waals surface area contributed by atoms with E-state index < -0.39 is 11.9 Å². The highest BCUT2D eigenvalue weighted by Crippen LogP contribution is 2.31. The SMILES string of the molecule is CCCCCCCC(Cc1ccccc1)c1cccc(C(=O)[O-])c1C(=O)[O-]. The van der Waals surface area contributed by atoms with E-state index in [-0.39, 0.29) is 17.0 Å². The zero-order valence-electron chi connectivity index (χ0n) is 15.8. The maximum absolute atomic E-state index is 11.7. The number of rotatable bonds is 11. The summed E-state index contributed by atoms with van der Waals surface area (Å²) in [4.78, 5) is 23.1. The smallest absolute Gasteiger partial charge is 0.0724 e. The van der Waals surface area contributed by atoms with E-state index in [1.165, 1.54) is 12.5 Å². The molecule has 0 N–H and O–H groups in total. The van der Waals surface area contributed by atoms with Gasteiger partial charge in [-0.3, -0.25) is 0 Å². The molecule has 4 nitrogen and oxygen atoms in total. The number of carboxylic acids is 2. The summed E-state index contributed by atoms with van der Waals surface area (Å²) in [7, 11) is 0. The Hall–Kier alpha value is -2.62. The van der Waals surface area contributed by atoms with E-state index in [0.717, 1.165) is 37.7 Å². The lowest BCUT2D eigenvalue weighted by molar-refractivity contribution is -0.259. The fourth-order valence-electron chi connectivity index (χ4n) is 3.57. The van der Waals surface area contributed by atoms with Gasteiger partial charge in [0.25, 0.3) is 0 Å². The van der Waals surface area contributed by atoms with Crippen LogP contribution in [0, 0.1) is 0 Å². The van der Waals surface area contributed by atoms with Crippen LogP contribution in [0.3, 0.4) is 0 Å². The Morgan fingerprint density at radius 1 is 0.852 bits per heavy atom. The predicted molar refractivity (Wildman–Crippen MR) is 101 cm³/mol. The van der Waals surface area contributed by atoms with Crippen molar-refractivity contribution in [3.05, 3.63) is 70.8 Å². The van der Waals surface area contributed by atoms with Crippen molar-refractivity contribution in [2.75, 3.05) is 0 Å². The number of benzene rings is 2. The molecule has 0 aliphatic heterocycles. The van der Waals surface area contributed by atoms with Crippen molar-refractivity contribution in [1.29, 1.82) is 0 Å². The van der Waals surface area contributed by atoms with Crippen LogP contribution in [0.25, 0.3) is 0 Å². The first-order valence-corrected chi connectivity index (χ1v) is 9.64. The van der Waals surface area contributed by atoms with Gasteiger partial charge in [0.05, 0.1) is 11.9 Å². The van der Waals surface area contributed by atoms with Crippen LogP contribution in [0.1, 0.15) is 83.2 Å². The number of hydrogen-bond acceptors (Lipinski definition) is 4. The van der Waals surface area contributed by atoms with Crippen molar-refractivity contribution in [2.45, 2.75) is 57.8 Å². The molecular weight excluding hydrogens is 340 g/mol. The highest BCUT2D eigenvalue weighted by Gasteiger charge is 2.19. The standard InChI is InChI=1S/C23H28O4/c1-2-3-4-5-9-13-18(16-17-11-7-6-8-12-17)19-14-10-15-20(22(24)25)21(19)23(26)27/h6-8,10-12,14-15,18H,2-5,9,13,16H2,1H3,(H,24,25)(H,26,27)/p-2. The summed E-state index contributed by atoms with van der Waals surface area (Å²) in [6, 6.07) is 14.4. The molecule has 144 valence electrons. The fourth-order valence-corrected chi connectivity index (χ4v) is 3.57. The van der Waals surface area contributed by atoms with E-state index in [1.54, 1.807) is 12.1 Å². The van der Waals surface area contributed by atoms with Gasteiger partial charge in [-0.2, -0.15) is 0 Å². The molecule has 2 rings (SSSR count). The summed E-state index contributed by atoms with van der Waals surface area (Å²) in [6.07, 6.45) is 7.02. The van der Waals surface area contributed by atoms with Crippen LogP contribution in [-0.2, 0) is 6.42 Å². The van der Waals surface area contributed by atoms with Gasteiger partial charge < -0.3 is 19.8 Å². The van der Waals surface area contributed by atoms with Crippen LogP contribution in [0.15, 0.2) is 48.5 Å². The fraction of sp³-hybridized carbons (Fsp3) is 0.391. The first-order valence-electron chi connectivity index (χ1n) is 9.64. The van der Waals surface area contributed by atoms with E-state index in [9.17, 15) is 19.8 Å². The molecule has 0 heterocycles. The van der Waals surface area contributed by atoms with Crippen molar-refractivity contribution in [3.8, 4) is 0 Å². The molecule has 0 amide bonds. The summed E-state index contributed by atoms with van der Waals surface area (Å²) < 4.78 is 0. The average Bonchev–Trinajstić information content (AvgIpc) is 2.67. The van der Waals surface area contributed by atoms with E-state index in [1.807, 2.05) is 30.3 Å². The normalized spacial score (nSPS) is 11.9. The van der Waals surface area contributed by atoms with Crippen LogP contribution in [0.5, 0.6) is 0 Å². The molecule has 0 radical (unpaired) electrons. The third-order valence-electron chi connectivity index (χ3n) is 4.94. The first kappa shape index (κ1) is 20.7. The number of hydrogen-bond donors (Lipinski definition) is 0. The summed E-state index contributed by atoms with van der Waals surface area (Å²) in [6.45, 7) is 2.16. The minimum Gasteiger partial charge on any atom is -0.545 e. The van der Waals surface area contributed by atoms with Gasteiger partial charge in [-0.1, -0.05) is 87.6 Å². The van der Waals surface area contributed by atoms with Gasteiger partial charge >= 0.3 is 0 Å². The Labute approximate surface area is 160 Å². The first-order chi connectivity index (χ1) is 13.0. The molecule has 1 atom stereocenters. The van der Waals surface area contributed by atoms with Crippen LogP contribution in [-0.4, -0.2) is 11.9 Å². The third-order valence-corrected chi connectivity index (χ3v) is 4.94. The summed E-state index contributed by atoms with van der Waals surface area (Å²) in [5, 5.41) is 23.1. The van der Waals surface area contributed by atoms with Crippen molar-refractivity contribution in [1.82, 2.24) is 0 Å². The highest BCUT2D eigenvalue weighted by molar-refractivity contribution is 6.01. The second-order valence-corrected chi connectivity index (χ2v) is 6.93. The van der Waals surface area contributed by atoms with Gasteiger partial charge in [0, 0.05) is 11.1 Å². The van der Waals surface area contributed by atoms with E-state index >= 15 is 0 Å². The van der Waals surface area contributed by atoms with Crippen molar-refractivity contribution >= 4 is 11.9 Å². The van der Waals surface area contributed by atoms with Crippen molar-refractivity contribution in [3.63, 3.8) is 0 Å². The Morgan fingerprint density at radius 2 is 1.56 bits per heavy atom. The molecule has 0 aromatic heterocycles. The summed E-state index contributed by atoms with van der Waals surface area (Å²) >= 11 is 0. The Bertz CT molecular complexity index is 752. The second kappa shape index (κ2) is 10.5. The molecule has 4 heteroatoms. The number of carbonyl (C=O) groups excluding carboxylic acids is 2. The lowest BCUT2D eigenvalue weighted by atomic mass is 9.83. The molecule has 0 aliphatic rings. The van der Waals surface area contributed by atoms with Gasteiger partial charge in [-0.05, 0) is 29.9 Å². The maximum atomic E-state index is 11.7. The number of carboxylic acid groups (broad SMARTS) is 2. The van der Waals surface area contributed by atoms with E-state index in [2.05, 4.69) is 6.92 Å². The molecule has 1 unspecified atom stereocenters. The third kappa shape index (κ3) is 5.95. The lowest BCUT2D eigenvalue weighted by Gasteiger charge is -2.24. The van der Waals surface area contributed by atoms with Gasteiger partial charge in [-0.15, -0.1) is 0 Å². The zero-order chi connectivity index (χ0) is 19.6. The van der Waals surface area contributed by atoms with Crippen LogP contribution in [0.2, 0.25) is 0 Å². The predicted octanol–water partition coefficient (Wildman–Crippen LogP) is 3.10. The van der Waals surface area contributed by atoms with Gasteiger partial charge in [0.1, 0.15) is 0 Å². The molecule has 0 saturated carbocycles. The number of aromatic carboxylic acids is 2. The Kier molecular flexibility index (Phi) is 8.05. The lowest BCUT2D eigenvalue weighted by Crippen LogP contribution is -2.31. The quantitative estimate of drug-likeness (QED) is 0.572. The molecule has 2 aromatic carbocycles. The van der Waals surface area contributed by atoms with Crippen LogP contribution in [0.4, 0.5) is 0 Å².